The molecule has 0 amide bonds. The summed E-state index contributed by atoms with van der Waals surface area (Å²) in [6.45, 7) is 0.809. The van der Waals surface area contributed by atoms with Crippen LogP contribution < -0.4 is 5.32 Å². The van der Waals surface area contributed by atoms with Gasteiger partial charge >= 0.3 is 0 Å². The lowest BCUT2D eigenvalue weighted by Gasteiger charge is -2.06. The molecule has 0 radical (unpaired) electrons. The molecule has 4 heteroatoms. The zero-order valence-corrected chi connectivity index (χ0v) is 8.49. The van der Waals surface area contributed by atoms with Gasteiger partial charge in [0, 0.05) is 19.5 Å². The molecule has 0 saturated carbocycles. The highest BCUT2D eigenvalue weighted by atomic mass is 32.2. The third-order valence-corrected chi connectivity index (χ3v) is 2.57. The second-order valence-corrected chi connectivity index (χ2v) is 3.54. The summed E-state index contributed by atoms with van der Waals surface area (Å²) in [6.07, 6.45) is 1.06. The molecule has 0 aromatic carbocycles. The molecule has 0 bridgehead atoms. The molecule has 0 rings (SSSR count). The summed E-state index contributed by atoms with van der Waals surface area (Å²) in [7, 11) is 3.51. The quantitative estimate of drug-likeness (QED) is 0.602. The van der Waals surface area contributed by atoms with Gasteiger partial charge in [0.1, 0.15) is 6.04 Å². The number of hydrogen-bond donors (Lipinski definition) is 1. The Kier molecular flexibility index (Phi) is 8.68. The number of rotatable bonds is 7. The Balaban J connectivity index is 3.13. The van der Waals surface area contributed by atoms with Gasteiger partial charge in [0.15, 0.2) is 0 Å². The van der Waals surface area contributed by atoms with E-state index in [1.54, 1.807) is 18.9 Å². The van der Waals surface area contributed by atoms with Gasteiger partial charge in [-0.2, -0.15) is 17.0 Å². The SMILES string of the molecule is CNC(C#N)CSCCCOC. The fourth-order valence-electron chi connectivity index (χ4n) is 0.692. The maximum absolute atomic E-state index is 8.58. The third-order valence-electron chi connectivity index (χ3n) is 1.43. The van der Waals surface area contributed by atoms with Crippen molar-refractivity contribution in [1.29, 1.82) is 5.26 Å². The van der Waals surface area contributed by atoms with Crippen LogP contribution in [0.5, 0.6) is 0 Å². The standard InChI is InChI=1S/C8H16N2OS/c1-10-8(6-9)7-12-5-3-4-11-2/h8,10H,3-5,7H2,1-2H3. The van der Waals surface area contributed by atoms with Crippen molar-refractivity contribution in [2.75, 3.05) is 32.3 Å². The largest absolute Gasteiger partial charge is 0.385 e. The molecule has 0 aromatic heterocycles. The zero-order valence-electron chi connectivity index (χ0n) is 7.67. The Hall–Kier alpha value is -0.240. The molecule has 0 aliphatic heterocycles. The Labute approximate surface area is 78.5 Å². The van der Waals surface area contributed by atoms with E-state index in [0.29, 0.717) is 0 Å². The number of hydrogen-bond acceptors (Lipinski definition) is 4. The summed E-state index contributed by atoms with van der Waals surface area (Å²) in [5.41, 5.74) is 0. The Morgan fingerprint density at radius 3 is 2.92 bits per heavy atom. The van der Waals surface area contributed by atoms with Gasteiger partial charge in [0.05, 0.1) is 6.07 Å². The molecule has 0 heterocycles. The topological polar surface area (TPSA) is 45.0 Å². The van der Waals surface area contributed by atoms with E-state index in [9.17, 15) is 0 Å². The van der Waals surface area contributed by atoms with Crippen LogP contribution in [-0.4, -0.2) is 38.3 Å². The predicted octanol–water partition coefficient (Wildman–Crippen LogP) is 0.868. The first-order valence-electron chi connectivity index (χ1n) is 3.98. The number of nitriles is 1. The first-order valence-corrected chi connectivity index (χ1v) is 5.14. The van der Waals surface area contributed by atoms with Crippen LogP contribution in [0.3, 0.4) is 0 Å². The summed E-state index contributed by atoms with van der Waals surface area (Å²) >= 11 is 1.79. The molecule has 3 nitrogen and oxygen atoms in total. The van der Waals surface area contributed by atoms with Crippen LogP contribution in [0.2, 0.25) is 0 Å². The van der Waals surface area contributed by atoms with Gasteiger partial charge in [-0.3, -0.25) is 0 Å². The number of nitrogens with one attached hydrogen (secondary N) is 1. The van der Waals surface area contributed by atoms with Crippen molar-refractivity contribution in [3.63, 3.8) is 0 Å². The summed E-state index contributed by atoms with van der Waals surface area (Å²) in [4.78, 5) is 0. The molecule has 0 saturated heterocycles. The molecule has 1 unspecified atom stereocenters. The van der Waals surface area contributed by atoms with E-state index in [4.69, 9.17) is 10.00 Å². The minimum Gasteiger partial charge on any atom is -0.385 e. The zero-order chi connectivity index (χ0) is 9.23. The number of nitrogens with zero attached hydrogens (tertiary/aromatic N) is 1. The van der Waals surface area contributed by atoms with E-state index in [1.807, 2.05) is 7.05 Å². The van der Waals surface area contributed by atoms with E-state index < -0.39 is 0 Å². The maximum atomic E-state index is 8.58. The highest BCUT2D eigenvalue weighted by Crippen LogP contribution is 2.04. The first-order chi connectivity index (χ1) is 5.85. The molecule has 1 N–H and O–H groups in total. The predicted molar refractivity (Wildman–Crippen MR) is 52.3 cm³/mol. The van der Waals surface area contributed by atoms with Crippen LogP contribution in [0.25, 0.3) is 0 Å². The lowest BCUT2D eigenvalue weighted by Crippen LogP contribution is -2.25. The molecule has 0 aliphatic rings. The van der Waals surface area contributed by atoms with Gasteiger partial charge in [-0.15, -0.1) is 0 Å². The molecule has 0 aromatic rings. The van der Waals surface area contributed by atoms with E-state index in [2.05, 4.69) is 11.4 Å². The molecule has 70 valence electrons. The van der Waals surface area contributed by atoms with E-state index >= 15 is 0 Å². The van der Waals surface area contributed by atoms with Gasteiger partial charge in [0.2, 0.25) is 0 Å². The second kappa shape index (κ2) is 8.85. The first kappa shape index (κ1) is 11.8. The second-order valence-electron chi connectivity index (χ2n) is 2.39. The lowest BCUT2D eigenvalue weighted by atomic mass is 10.4. The van der Waals surface area contributed by atoms with Crippen LogP contribution >= 0.6 is 11.8 Å². The average molecular weight is 188 g/mol. The molecular formula is C8H16N2OS. The van der Waals surface area contributed by atoms with E-state index in [-0.39, 0.29) is 6.04 Å². The van der Waals surface area contributed by atoms with Crippen molar-refractivity contribution in [1.82, 2.24) is 5.32 Å². The van der Waals surface area contributed by atoms with Gasteiger partial charge < -0.3 is 10.1 Å². The Bertz CT molecular complexity index is 136. The molecular weight excluding hydrogens is 172 g/mol. The number of methoxy groups -OCH3 is 1. The third kappa shape index (κ3) is 6.47. The summed E-state index contributed by atoms with van der Waals surface area (Å²) in [5, 5.41) is 11.5. The van der Waals surface area contributed by atoms with Crippen molar-refractivity contribution in [3.05, 3.63) is 0 Å². The van der Waals surface area contributed by atoms with Crippen molar-refractivity contribution in [2.24, 2.45) is 0 Å². The van der Waals surface area contributed by atoms with Crippen molar-refractivity contribution in [2.45, 2.75) is 12.5 Å². The summed E-state index contributed by atoms with van der Waals surface area (Å²) < 4.78 is 4.91. The molecule has 12 heavy (non-hydrogen) atoms. The lowest BCUT2D eigenvalue weighted by molar-refractivity contribution is 0.200. The molecule has 0 aliphatic carbocycles. The fourth-order valence-corrected chi connectivity index (χ4v) is 1.66. The van der Waals surface area contributed by atoms with Gasteiger partial charge in [-0.05, 0) is 19.2 Å². The van der Waals surface area contributed by atoms with Crippen LogP contribution in [0, 0.1) is 11.3 Å². The van der Waals surface area contributed by atoms with Gasteiger partial charge in [0.25, 0.3) is 0 Å². The van der Waals surface area contributed by atoms with Gasteiger partial charge in [-0.25, -0.2) is 0 Å². The summed E-state index contributed by atoms with van der Waals surface area (Å²) in [5.74, 6) is 1.92. The van der Waals surface area contributed by atoms with Crippen LogP contribution in [0.15, 0.2) is 0 Å². The number of thioether (sulfide) groups is 1. The number of ether oxygens (including phenoxy) is 1. The van der Waals surface area contributed by atoms with Gasteiger partial charge in [-0.1, -0.05) is 0 Å². The van der Waals surface area contributed by atoms with Crippen molar-refractivity contribution >= 4 is 11.8 Å². The average Bonchev–Trinajstić information content (AvgIpc) is 2.11. The smallest absolute Gasteiger partial charge is 0.104 e. The maximum Gasteiger partial charge on any atom is 0.104 e. The monoisotopic (exact) mass is 188 g/mol. The van der Waals surface area contributed by atoms with Crippen molar-refractivity contribution in [3.8, 4) is 6.07 Å². The Morgan fingerprint density at radius 1 is 1.67 bits per heavy atom. The van der Waals surface area contributed by atoms with Crippen LogP contribution in [0.1, 0.15) is 6.42 Å². The normalized spacial score (nSPS) is 12.4. The minimum absolute atomic E-state index is 0.0162. The van der Waals surface area contributed by atoms with Crippen LogP contribution in [0.4, 0.5) is 0 Å². The summed E-state index contributed by atoms with van der Waals surface area (Å²) in [6, 6.07) is 2.16. The minimum atomic E-state index is -0.0162. The van der Waals surface area contributed by atoms with E-state index in [1.165, 1.54) is 0 Å². The highest BCUT2D eigenvalue weighted by Gasteiger charge is 2.02. The Morgan fingerprint density at radius 2 is 2.42 bits per heavy atom. The van der Waals surface area contributed by atoms with Crippen LogP contribution in [-0.2, 0) is 4.74 Å². The fraction of sp³-hybridized carbons (Fsp3) is 0.875. The van der Waals surface area contributed by atoms with Crippen molar-refractivity contribution < 1.29 is 4.74 Å². The molecule has 0 spiro atoms. The van der Waals surface area contributed by atoms with E-state index in [0.717, 1.165) is 24.5 Å². The molecule has 1 atom stereocenters. The molecule has 0 fully saturated rings. The highest BCUT2D eigenvalue weighted by molar-refractivity contribution is 7.99.